The average molecular weight is 253 g/mol. The van der Waals surface area contributed by atoms with Gasteiger partial charge in [-0.1, -0.05) is 19.0 Å². The van der Waals surface area contributed by atoms with Gasteiger partial charge in [0.15, 0.2) is 0 Å². The van der Waals surface area contributed by atoms with Gasteiger partial charge in [0.2, 0.25) is 5.91 Å². The number of likely N-dealkylation sites (N-methyl/N-ethyl adjacent to an activating group) is 1. The van der Waals surface area contributed by atoms with Crippen LogP contribution in [0.1, 0.15) is 30.9 Å². The zero-order valence-corrected chi connectivity index (χ0v) is 11.9. The molecule has 5 nitrogen and oxygen atoms in total. The van der Waals surface area contributed by atoms with Crippen LogP contribution in [0.4, 0.5) is 0 Å². The van der Waals surface area contributed by atoms with Crippen molar-refractivity contribution < 1.29 is 9.32 Å². The van der Waals surface area contributed by atoms with E-state index in [9.17, 15) is 4.79 Å². The number of aromatic nitrogens is 1. The predicted molar refractivity (Wildman–Crippen MR) is 70.2 cm³/mol. The summed E-state index contributed by atoms with van der Waals surface area (Å²) in [6, 6.07) is 0. The lowest BCUT2D eigenvalue weighted by Gasteiger charge is -2.29. The Bertz CT molecular complexity index is 404. The van der Waals surface area contributed by atoms with Crippen molar-refractivity contribution in [2.45, 2.75) is 34.1 Å². The fraction of sp³-hybridized carbons (Fsp3) is 0.692. The van der Waals surface area contributed by atoms with Crippen LogP contribution in [0, 0.1) is 19.3 Å². The Balaban J connectivity index is 2.66. The molecular formula is C13H23N3O2. The quantitative estimate of drug-likeness (QED) is 0.858. The minimum absolute atomic E-state index is 0.0610. The van der Waals surface area contributed by atoms with Crippen LogP contribution in [0.15, 0.2) is 4.52 Å². The van der Waals surface area contributed by atoms with Crippen molar-refractivity contribution in [2.75, 3.05) is 20.1 Å². The molecule has 0 unspecified atom stereocenters. The Morgan fingerprint density at radius 3 is 2.50 bits per heavy atom. The Morgan fingerprint density at radius 2 is 2.06 bits per heavy atom. The Morgan fingerprint density at radius 1 is 1.44 bits per heavy atom. The molecule has 0 radical (unpaired) electrons. The highest BCUT2D eigenvalue weighted by atomic mass is 16.5. The third-order valence-electron chi connectivity index (χ3n) is 3.15. The van der Waals surface area contributed by atoms with Gasteiger partial charge in [-0.15, -0.1) is 0 Å². The standard InChI is InChI=1S/C13H23N3O2/c1-9-11(10(2)18-15-9)6-12(17)16(5)8-13(3,4)7-14/h6-8,14H2,1-5H3. The third-order valence-corrected chi connectivity index (χ3v) is 3.15. The van der Waals surface area contributed by atoms with Gasteiger partial charge in [-0.2, -0.15) is 0 Å². The number of carbonyl (C=O) groups is 1. The molecule has 0 aromatic carbocycles. The van der Waals surface area contributed by atoms with Crippen molar-refractivity contribution in [3.8, 4) is 0 Å². The first-order valence-electron chi connectivity index (χ1n) is 6.12. The van der Waals surface area contributed by atoms with Crippen LogP contribution in [-0.4, -0.2) is 36.1 Å². The Kier molecular flexibility index (Phi) is 4.51. The molecule has 0 aliphatic carbocycles. The number of hydrogen-bond donors (Lipinski definition) is 1. The van der Waals surface area contributed by atoms with Crippen molar-refractivity contribution in [3.05, 3.63) is 17.0 Å². The van der Waals surface area contributed by atoms with E-state index in [2.05, 4.69) is 5.16 Å². The van der Waals surface area contributed by atoms with Crippen LogP contribution >= 0.6 is 0 Å². The predicted octanol–water partition coefficient (Wildman–Crippen LogP) is 1.28. The summed E-state index contributed by atoms with van der Waals surface area (Å²) in [6.45, 7) is 8.97. The van der Waals surface area contributed by atoms with Gasteiger partial charge in [0, 0.05) is 19.2 Å². The molecule has 1 amide bonds. The zero-order valence-electron chi connectivity index (χ0n) is 11.9. The molecule has 1 aromatic rings. The van der Waals surface area contributed by atoms with Gasteiger partial charge < -0.3 is 15.2 Å². The molecule has 1 aromatic heterocycles. The van der Waals surface area contributed by atoms with Gasteiger partial charge >= 0.3 is 0 Å². The monoisotopic (exact) mass is 253 g/mol. The molecule has 0 bridgehead atoms. The number of nitrogens with zero attached hydrogens (tertiary/aromatic N) is 2. The summed E-state index contributed by atoms with van der Waals surface area (Å²) in [4.78, 5) is 13.8. The first-order chi connectivity index (χ1) is 8.26. The highest BCUT2D eigenvalue weighted by molar-refractivity contribution is 5.79. The summed E-state index contributed by atoms with van der Waals surface area (Å²) in [6.07, 6.45) is 0.332. The van der Waals surface area contributed by atoms with E-state index in [1.165, 1.54) is 0 Å². The summed E-state index contributed by atoms with van der Waals surface area (Å²) in [7, 11) is 1.80. The first-order valence-corrected chi connectivity index (χ1v) is 6.12. The van der Waals surface area contributed by atoms with E-state index in [1.54, 1.807) is 11.9 Å². The van der Waals surface area contributed by atoms with Gasteiger partial charge in [-0.05, 0) is 25.8 Å². The Labute approximate surface area is 108 Å². The normalized spacial score (nSPS) is 11.7. The lowest BCUT2D eigenvalue weighted by molar-refractivity contribution is -0.130. The summed E-state index contributed by atoms with van der Waals surface area (Å²) in [5.74, 6) is 0.776. The van der Waals surface area contributed by atoms with Gasteiger partial charge in [0.25, 0.3) is 0 Å². The minimum atomic E-state index is -0.0663. The molecule has 0 aliphatic heterocycles. The second kappa shape index (κ2) is 5.52. The smallest absolute Gasteiger partial charge is 0.226 e. The van der Waals surface area contributed by atoms with E-state index >= 15 is 0 Å². The molecule has 0 spiro atoms. The lowest BCUT2D eigenvalue weighted by Crippen LogP contribution is -2.40. The van der Waals surface area contributed by atoms with Crippen molar-refractivity contribution in [3.63, 3.8) is 0 Å². The largest absolute Gasteiger partial charge is 0.361 e. The van der Waals surface area contributed by atoms with Crippen LogP contribution in [0.3, 0.4) is 0 Å². The van der Waals surface area contributed by atoms with E-state index in [0.717, 1.165) is 11.3 Å². The minimum Gasteiger partial charge on any atom is -0.361 e. The second-order valence-electron chi connectivity index (χ2n) is 5.60. The third kappa shape index (κ3) is 3.57. The fourth-order valence-electron chi connectivity index (χ4n) is 1.84. The van der Waals surface area contributed by atoms with Crippen LogP contribution in [0.25, 0.3) is 0 Å². The maximum atomic E-state index is 12.1. The molecule has 0 atom stereocenters. The van der Waals surface area contributed by atoms with Crippen LogP contribution in [-0.2, 0) is 11.2 Å². The number of rotatable bonds is 5. The van der Waals surface area contributed by atoms with Crippen LogP contribution < -0.4 is 5.73 Å². The molecule has 18 heavy (non-hydrogen) atoms. The fourth-order valence-corrected chi connectivity index (χ4v) is 1.84. The topological polar surface area (TPSA) is 72.4 Å². The van der Waals surface area contributed by atoms with E-state index in [1.807, 2.05) is 27.7 Å². The van der Waals surface area contributed by atoms with Crippen molar-refractivity contribution in [2.24, 2.45) is 11.1 Å². The number of nitrogens with two attached hydrogens (primary N) is 1. The SMILES string of the molecule is Cc1noc(C)c1CC(=O)N(C)CC(C)(C)CN. The maximum Gasteiger partial charge on any atom is 0.226 e. The number of aryl methyl sites for hydroxylation is 2. The van der Waals surface area contributed by atoms with E-state index < -0.39 is 0 Å². The Hall–Kier alpha value is -1.36. The maximum absolute atomic E-state index is 12.1. The van der Waals surface area contributed by atoms with Crippen molar-refractivity contribution in [1.29, 1.82) is 0 Å². The molecule has 1 heterocycles. The van der Waals surface area contributed by atoms with Gasteiger partial charge in [0.1, 0.15) is 5.76 Å². The summed E-state index contributed by atoms with van der Waals surface area (Å²) in [5, 5.41) is 3.85. The molecule has 1 rings (SSSR count). The number of carbonyl (C=O) groups excluding carboxylic acids is 1. The first kappa shape index (κ1) is 14.7. The molecule has 2 N–H and O–H groups in total. The van der Waals surface area contributed by atoms with Gasteiger partial charge in [0.05, 0.1) is 12.1 Å². The summed E-state index contributed by atoms with van der Waals surface area (Å²) < 4.78 is 5.06. The van der Waals surface area contributed by atoms with E-state index in [0.29, 0.717) is 25.3 Å². The number of amides is 1. The molecule has 0 saturated carbocycles. The van der Waals surface area contributed by atoms with E-state index in [4.69, 9.17) is 10.3 Å². The van der Waals surface area contributed by atoms with Crippen LogP contribution in [0.5, 0.6) is 0 Å². The van der Waals surface area contributed by atoms with Crippen molar-refractivity contribution in [1.82, 2.24) is 10.1 Å². The van der Waals surface area contributed by atoms with Crippen LogP contribution in [0.2, 0.25) is 0 Å². The van der Waals surface area contributed by atoms with Gasteiger partial charge in [-0.3, -0.25) is 4.79 Å². The summed E-state index contributed by atoms with van der Waals surface area (Å²) in [5.41, 5.74) is 7.28. The molecule has 0 fully saturated rings. The summed E-state index contributed by atoms with van der Waals surface area (Å²) >= 11 is 0. The molecule has 0 aliphatic rings. The molecule has 5 heteroatoms. The molecular weight excluding hydrogens is 230 g/mol. The van der Waals surface area contributed by atoms with E-state index in [-0.39, 0.29) is 11.3 Å². The van der Waals surface area contributed by atoms with Crippen molar-refractivity contribution >= 4 is 5.91 Å². The average Bonchev–Trinajstić information content (AvgIpc) is 2.60. The second-order valence-corrected chi connectivity index (χ2v) is 5.60. The van der Waals surface area contributed by atoms with Gasteiger partial charge in [-0.25, -0.2) is 0 Å². The molecule has 0 saturated heterocycles. The number of hydrogen-bond acceptors (Lipinski definition) is 4. The highest BCUT2D eigenvalue weighted by Crippen LogP contribution is 2.17. The molecule has 102 valence electrons. The lowest BCUT2D eigenvalue weighted by atomic mass is 9.93. The highest BCUT2D eigenvalue weighted by Gasteiger charge is 2.22. The zero-order chi connectivity index (χ0) is 13.9.